The maximum absolute atomic E-state index is 11.4. The molecule has 0 aromatic carbocycles. The maximum atomic E-state index is 11.4. The Morgan fingerprint density at radius 1 is 1.30 bits per heavy atom. The number of furan rings is 2. The molecule has 1 aliphatic heterocycles. The molecule has 4 heteroatoms. The Morgan fingerprint density at radius 2 is 2.00 bits per heavy atom. The fraction of sp³-hybridized carbons (Fsp3) is 0.474. The van der Waals surface area contributed by atoms with E-state index in [-0.39, 0.29) is 18.0 Å². The van der Waals surface area contributed by atoms with Gasteiger partial charge in [-0.15, -0.1) is 6.58 Å². The largest absolute Gasteiger partial charge is 0.468 e. The van der Waals surface area contributed by atoms with Crippen LogP contribution in [0.25, 0.3) is 0 Å². The van der Waals surface area contributed by atoms with E-state index in [1.54, 1.807) is 12.5 Å². The lowest BCUT2D eigenvalue weighted by Crippen LogP contribution is -2.52. The second-order valence-electron chi connectivity index (χ2n) is 6.42. The zero-order valence-electron chi connectivity index (χ0n) is 13.6. The van der Waals surface area contributed by atoms with Crippen molar-refractivity contribution in [3.63, 3.8) is 0 Å². The van der Waals surface area contributed by atoms with E-state index in [1.807, 2.05) is 30.3 Å². The normalized spacial score (nSPS) is 31.1. The molecule has 0 aliphatic carbocycles. The summed E-state index contributed by atoms with van der Waals surface area (Å²) in [7, 11) is 0. The van der Waals surface area contributed by atoms with Crippen molar-refractivity contribution in [3.8, 4) is 0 Å². The van der Waals surface area contributed by atoms with Crippen LogP contribution in [0.5, 0.6) is 0 Å². The highest BCUT2D eigenvalue weighted by Gasteiger charge is 2.48. The second-order valence-corrected chi connectivity index (χ2v) is 6.42. The zero-order valence-corrected chi connectivity index (χ0v) is 13.6. The summed E-state index contributed by atoms with van der Waals surface area (Å²) in [5, 5.41) is 15.0. The quantitative estimate of drug-likeness (QED) is 0.777. The van der Waals surface area contributed by atoms with Crippen LogP contribution in [0.4, 0.5) is 0 Å². The summed E-state index contributed by atoms with van der Waals surface area (Å²) in [6.07, 6.45) is 8.27. The molecule has 1 aliphatic rings. The van der Waals surface area contributed by atoms with Crippen molar-refractivity contribution in [2.75, 3.05) is 0 Å². The third-order valence-corrected chi connectivity index (χ3v) is 4.86. The lowest BCUT2D eigenvalue weighted by Gasteiger charge is -2.47. The van der Waals surface area contributed by atoms with Crippen molar-refractivity contribution >= 4 is 0 Å². The van der Waals surface area contributed by atoms with E-state index in [1.165, 1.54) is 0 Å². The Labute approximate surface area is 137 Å². The van der Waals surface area contributed by atoms with E-state index in [0.717, 1.165) is 24.4 Å². The molecular weight excluding hydrogens is 290 g/mol. The molecule has 4 nitrogen and oxygen atoms in total. The minimum absolute atomic E-state index is 0.0428. The minimum atomic E-state index is -0.822. The van der Waals surface area contributed by atoms with Crippen LogP contribution in [0.15, 0.2) is 58.3 Å². The van der Waals surface area contributed by atoms with E-state index < -0.39 is 5.60 Å². The van der Waals surface area contributed by atoms with Crippen LogP contribution in [-0.2, 0) is 0 Å². The van der Waals surface area contributed by atoms with Crippen molar-refractivity contribution < 1.29 is 13.9 Å². The van der Waals surface area contributed by atoms with Crippen LogP contribution in [-0.4, -0.2) is 10.7 Å². The fourth-order valence-corrected chi connectivity index (χ4v) is 3.86. The molecule has 3 heterocycles. The Bertz CT molecular complexity index is 605. The monoisotopic (exact) mass is 315 g/mol. The topological polar surface area (TPSA) is 58.5 Å². The predicted octanol–water partition coefficient (Wildman–Crippen LogP) is 4.37. The first-order valence-corrected chi connectivity index (χ1v) is 8.34. The maximum Gasteiger partial charge on any atom is 0.121 e. The van der Waals surface area contributed by atoms with Crippen molar-refractivity contribution in [1.82, 2.24) is 5.32 Å². The highest BCUT2D eigenvalue weighted by atomic mass is 16.3. The predicted molar refractivity (Wildman–Crippen MR) is 88.8 cm³/mol. The Balaban J connectivity index is 1.97. The molecule has 1 fully saturated rings. The summed E-state index contributed by atoms with van der Waals surface area (Å²) in [6.45, 7) is 5.99. The van der Waals surface area contributed by atoms with E-state index in [2.05, 4.69) is 18.8 Å². The van der Waals surface area contributed by atoms with Gasteiger partial charge in [-0.25, -0.2) is 0 Å². The molecule has 0 bridgehead atoms. The smallest absolute Gasteiger partial charge is 0.121 e. The van der Waals surface area contributed by atoms with Gasteiger partial charge in [-0.1, -0.05) is 19.4 Å². The van der Waals surface area contributed by atoms with Crippen LogP contribution in [0.3, 0.4) is 0 Å². The summed E-state index contributed by atoms with van der Waals surface area (Å²) >= 11 is 0. The Kier molecular flexibility index (Phi) is 4.74. The van der Waals surface area contributed by atoms with Crippen molar-refractivity contribution in [2.45, 2.75) is 50.3 Å². The second kappa shape index (κ2) is 6.77. The first kappa shape index (κ1) is 16.1. The summed E-state index contributed by atoms with van der Waals surface area (Å²) in [6, 6.07) is 7.61. The Morgan fingerprint density at radius 3 is 2.57 bits per heavy atom. The molecule has 0 saturated carbocycles. The first-order valence-electron chi connectivity index (χ1n) is 8.34. The van der Waals surface area contributed by atoms with Gasteiger partial charge < -0.3 is 13.9 Å². The van der Waals surface area contributed by atoms with Gasteiger partial charge in [-0.2, -0.15) is 0 Å². The lowest BCUT2D eigenvalue weighted by molar-refractivity contribution is -0.0815. The number of hydrogen-bond donors (Lipinski definition) is 2. The van der Waals surface area contributed by atoms with Gasteiger partial charge in [0.1, 0.15) is 11.5 Å². The molecular formula is C19H25NO3. The third kappa shape index (κ3) is 3.14. The van der Waals surface area contributed by atoms with E-state index in [0.29, 0.717) is 12.8 Å². The first-order chi connectivity index (χ1) is 11.2. The Hall–Kier alpha value is -1.78. The summed E-state index contributed by atoms with van der Waals surface area (Å²) in [5.74, 6) is 1.78. The number of aliphatic hydroxyl groups is 1. The van der Waals surface area contributed by atoms with Gasteiger partial charge in [0, 0.05) is 5.92 Å². The van der Waals surface area contributed by atoms with Crippen LogP contribution in [0.2, 0.25) is 0 Å². The van der Waals surface area contributed by atoms with Crippen molar-refractivity contribution in [2.24, 2.45) is 5.92 Å². The van der Waals surface area contributed by atoms with E-state index in [4.69, 9.17) is 8.83 Å². The summed E-state index contributed by atoms with van der Waals surface area (Å²) in [5.41, 5.74) is -0.822. The van der Waals surface area contributed by atoms with Gasteiger partial charge in [0.25, 0.3) is 0 Å². The van der Waals surface area contributed by atoms with E-state index >= 15 is 0 Å². The highest BCUT2D eigenvalue weighted by Crippen LogP contribution is 2.47. The zero-order chi connectivity index (χ0) is 16.3. The highest BCUT2D eigenvalue weighted by molar-refractivity contribution is 5.17. The van der Waals surface area contributed by atoms with Crippen LogP contribution in [0.1, 0.15) is 56.2 Å². The molecule has 2 N–H and O–H groups in total. The molecule has 3 rings (SSSR count). The third-order valence-electron chi connectivity index (χ3n) is 4.86. The van der Waals surface area contributed by atoms with Crippen molar-refractivity contribution in [3.05, 3.63) is 61.0 Å². The van der Waals surface area contributed by atoms with Crippen LogP contribution in [0, 0.1) is 5.92 Å². The number of hydrogen-bond acceptors (Lipinski definition) is 4. The molecule has 0 amide bonds. The number of nitrogens with one attached hydrogen (secondary N) is 1. The van der Waals surface area contributed by atoms with E-state index in [9.17, 15) is 5.11 Å². The summed E-state index contributed by atoms with van der Waals surface area (Å²) < 4.78 is 11.2. The average Bonchev–Trinajstić information content (AvgIpc) is 3.22. The molecule has 0 unspecified atom stereocenters. The van der Waals surface area contributed by atoms with Gasteiger partial charge in [0.05, 0.1) is 30.2 Å². The van der Waals surface area contributed by atoms with Crippen LogP contribution >= 0.6 is 0 Å². The molecule has 23 heavy (non-hydrogen) atoms. The molecule has 1 saturated heterocycles. The molecule has 0 radical (unpaired) electrons. The van der Waals surface area contributed by atoms with Gasteiger partial charge >= 0.3 is 0 Å². The molecule has 4 atom stereocenters. The summed E-state index contributed by atoms with van der Waals surface area (Å²) in [4.78, 5) is 0. The standard InChI is InChI=1S/C19H25NO3/c1-3-7-14-18(17-9-6-12-23-17)20-15(16-8-5-11-22-16)13-19(14,21)10-4-2/h4-6,8-9,11-12,14-15,18,20-21H,2-3,7,10,13H2,1H3/t14-,15+,18-,19+/m0/s1. The SMILES string of the molecule is C=CC[C@@]1(O)C[C@H](c2ccco2)N[C@H](c2ccco2)[C@@H]1CCC. The van der Waals surface area contributed by atoms with Gasteiger partial charge in [-0.3, -0.25) is 5.32 Å². The molecule has 0 spiro atoms. The minimum Gasteiger partial charge on any atom is -0.468 e. The number of rotatable bonds is 6. The van der Waals surface area contributed by atoms with Crippen molar-refractivity contribution in [1.29, 1.82) is 0 Å². The number of piperidine rings is 1. The molecule has 2 aromatic heterocycles. The molecule has 2 aromatic rings. The van der Waals surface area contributed by atoms with Gasteiger partial charge in [-0.05, 0) is 43.5 Å². The average molecular weight is 315 g/mol. The van der Waals surface area contributed by atoms with Gasteiger partial charge in [0.2, 0.25) is 0 Å². The van der Waals surface area contributed by atoms with Gasteiger partial charge in [0.15, 0.2) is 0 Å². The van der Waals surface area contributed by atoms with Crippen LogP contribution < -0.4 is 5.32 Å². The lowest BCUT2D eigenvalue weighted by atomic mass is 9.69. The fourth-order valence-electron chi connectivity index (χ4n) is 3.86. The molecule has 124 valence electrons.